The largest absolute Gasteiger partial charge is 0.0823 e. The lowest BCUT2D eigenvalue weighted by atomic mass is 9.84. The molecule has 1 saturated carbocycles. The van der Waals surface area contributed by atoms with Gasteiger partial charge in [0, 0.05) is 3.92 Å². The third kappa shape index (κ3) is 2.10. The van der Waals surface area contributed by atoms with Crippen molar-refractivity contribution in [3.63, 3.8) is 0 Å². The van der Waals surface area contributed by atoms with Gasteiger partial charge < -0.3 is 0 Å². The van der Waals surface area contributed by atoms with E-state index in [2.05, 4.69) is 36.4 Å². The molecule has 0 aromatic carbocycles. The van der Waals surface area contributed by atoms with Crippen molar-refractivity contribution in [1.82, 2.24) is 0 Å². The van der Waals surface area contributed by atoms with Crippen molar-refractivity contribution in [2.75, 3.05) is 0 Å². The Morgan fingerprint density at radius 3 is 2.33 bits per heavy atom. The second kappa shape index (κ2) is 3.22. The smallest absolute Gasteiger partial charge is 0.0135 e. The summed E-state index contributed by atoms with van der Waals surface area (Å²) in [6, 6.07) is 0. The Kier molecular flexibility index (Phi) is 2.80. The highest BCUT2D eigenvalue weighted by Gasteiger charge is 2.22. The van der Waals surface area contributed by atoms with Gasteiger partial charge in [0.25, 0.3) is 0 Å². The lowest BCUT2D eigenvalue weighted by molar-refractivity contribution is 0.318. The molecule has 1 aliphatic carbocycles. The van der Waals surface area contributed by atoms with Crippen molar-refractivity contribution >= 4 is 22.6 Å². The maximum atomic E-state index is 2.59. The second-order valence-electron chi connectivity index (χ2n) is 3.41. The summed E-state index contributed by atoms with van der Waals surface area (Å²) < 4.78 is 0.957. The van der Waals surface area contributed by atoms with Gasteiger partial charge >= 0.3 is 0 Å². The molecular weight excluding hydrogens is 223 g/mol. The second-order valence-corrected chi connectivity index (χ2v) is 5.01. The molecule has 0 radical (unpaired) electrons. The molecule has 0 spiro atoms. The quantitative estimate of drug-likeness (QED) is 0.449. The van der Waals surface area contributed by atoms with Crippen LogP contribution in [-0.4, -0.2) is 3.92 Å². The molecule has 0 bridgehead atoms. The lowest BCUT2D eigenvalue weighted by Crippen LogP contribution is -2.20. The molecule has 0 aromatic rings. The van der Waals surface area contributed by atoms with Gasteiger partial charge in [-0.3, -0.25) is 0 Å². The summed E-state index contributed by atoms with van der Waals surface area (Å²) in [5, 5.41) is 0. The summed E-state index contributed by atoms with van der Waals surface area (Å²) in [5.41, 5.74) is 0. The molecule has 0 aliphatic heterocycles. The van der Waals surface area contributed by atoms with Crippen LogP contribution in [0.1, 0.15) is 33.1 Å². The summed E-state index contributed by atoms with van der Waals surface area (Å²) in [5.74, 6) is 1.96. The first-order chi connectivity index (χ1) is 4.20. The molecule has 0 N–H and O–H groups in total. The van der Waals surface area contributed by atoms with Crippen LogP contribution in [0.2, 0.25) is 0 Å². The van der Waals surface area contributed by atoms with Gasteiger partial charge in [0.2, 0.25) is 0 Å². The van der Waals surface area contributed by atoms with Crippen LogP contribution in [-0.2, 0) is 0 Å². The number of hydrogen-bond donors (Lipinski definition) is 0. The van der Waals surface area contributed by atoms with Crippen LogP contribution >= 0.6 is 22.6 Å². The van der Waals surface area contributed by atoms with E-state index >= 15 is 0 Å². The monoisotopic (exact) mass is 238 g/mol. The minimum absolute atomic E-state index is 0.957. The summed E-state index contributed by atoms with van der Waals surface area (Å²) in [6.45, 7) is 4.76. The molecule has 54 valence electrons. The molecule has 0 amide bonds. The Balaban J connectivity index is 2.35. The van der Waals surface area contributed by atoms with Gasteiger partial charge in [-0.1, -0.05) is 36.4 Å². The summed E-state index contributed by atoms with van der Waals surface area (Å²) >= 11 is 2.59. The number of halogens is 1. The van der Waals surface area contributed by atoms with E-state index in [0.29, 0.717) is 0 Å². The van der Waals surface area contributed by atoms with Crippen molar-refractivity contribution in [2.24, 2.45) is 11.8 Å². The van der Waals surface area contributed by atoms with Gasteiger partial charge in [-0.05, 0) is 31.1 Å². The predicted octanol–water partition coefficient (Wildman–Crippen LogP) is 3.25. The molecule has 1 aliphatic rings. The standard InChI is InChI=1S/C8H15I/c1-6-3-4-8(9)7(2)5-6/h6-8H,3-5H2,1-2H3/t6?,7-,8?/m0/s1. The van der Waals surface area contributed by atoms with Gasteiger partial charge in [-0.2, -0.15) is 0 Å². The van der Waals surface area contributed by atoms with E-state index in [-0.39, 0.29) is 0 Å². The van der Waals surface area contributed by atoms with E-state index in [0.717, 1.165) is 15.8 Å². The van der Waals surface area contributed by atoms with Crippen molar-refractivity contribution in [2.45, 2.75) is 37.0 Å². The Hall–Kier alpha value is 0.730. The van der Waals surface area contributed by atoms with Gasteiger partial charge in [0.1, 0.15) is 0 Å². The normalized spacial score (nSPS) is 45.0. The first-order valence-electron chi connectivity index (χ1n) is 3.84. The van der Waals surface area contributed by atoms with Crippen molar-refractivity contribution in [3.05, 3.63) is 0 Å². The average molecular weight is 238 g/mol. The van der Waals surface area contributed by atoms with Crippen molar-refractivity contribution in [1.29, 1.82) is 0 Å². The van der Waals surface area contributed by atoms with Crippen LogP contribution in [0.15, 0.2) is 0 Å². The predicted molar refractivity (Wildman–Crippen MR) is 50.0 cm³/mol. The lowest BCUT2D eigenvalue weighted by Gasteiger charge is -2.28. The highest BCUT2D eigenvalue weighted by Crippen LogP contribution is 2.33. The van der Waals surface area contributed by atoms with Gasteiger partial charge in [-0.25, -0.2) is 0 Å². The zero-order valence-electron chi connectivity index (χ0n) is 6.23. The zero-order chi connectivity index (χ0) is 6.85. The summed E-state index contributed by atoms with van der Waals surface area (Å²) in [6.07, 6.45) is 4.36. The number of alkyl halides is 1. The highest BCUT2D eigenvalue weighted by atomic mass is 127. The van der Waals surface area contributed by atoms with Crippen LogP contribution in [0.3, 0.4) is 0 Å². The van der Waals surface area contributed by atoms with Crippen LogP contribution in [0.5, 0.6) is 0 Å². The van der Waals surface area contributed by atoms with E-state index in [1.807, 2.05) is 0 Å². The van der Waals surface area contributed by atoms with Gasteiger partial charge in [0.15, 0.2) is 0 Å². The maximum Gasteiger partial charge on any atom is 0.0135 e. The van der Waals surface area contributed by atoms with Gasteiger partial charge in [-0.15, -0.1) is 0 Å². The van der Waals surface area contributed by atoms with Crippen LogP contribution < -0.4 is 0 Å². The number of rotatable bonds is 0. The first-order valence-corrected chi connectivity index (χ1v) is 5.08. The van der Waals surface area contributed by atoms with E-state index in [1.165, 1.54) is 19.3 Å². The van der Waals surface area contributed by atoms with Crippen LogP contribution in [0, 0.1) is 11.8 Å². The molecule has 0 nitrogen and oxygen atoms in total. The fraction of sp³-hybridized carbons (Fsp3) is 1.00. The summed E-state index contributed by atoms with van der Waals surface area (Å²) in [4.78, 5) is 0. The van der Waals surface area contributed by atoms with Gasteiger partial charge in [0.05, 0.1) is 0 Å². The Bertz CT molecular complexity index is 90.6. The minimum atomic E-state index is 0.957. The van der Waals surface area contributed by atoms with Crippen molar-refractivity contribution < 1.29 is 0 Å². The molecule has 1 rings (SSSR count). The van der Waals surface area contributed by atoms with Crippen molar-refractivity contribution in [3.8, 4) is 0 Å². The van der Waals surface area contributed by atoms with Crippen LogP contribution in [0.4, 0.5) is 0 Å². The topological polar surface area (TPSA) is 0 Å². The maximum absolute atomic E-state index is 2.59. The van der Waals surface area contributed by atoms with E-state index in [4.69, 9.17) is 0 Å². The highest BCUT2D eigenvalue weighted by molar-refractivity contribution is 14.1. The molecule has 0 heterocycles. The fourth-order valence-corrected chi connectivity index (χ4v) is 2.28. The third-order valence-corrected chi connectivity index (χ3v) is 4.18. The van der Waals surface area contributed by atoms with Crippen LogP contribution in [0.25, 0.3) is 0 Å². The van der Waals surface area contributed by atoms with E-state index in [1.54, 1.807) is 0 Å². The Labute approximate surface area is 71.5 Å². The fourth-order valence-electron chi connectivity index (χ4n) is 1.63. The SMILES string of the molecule is CC1CCC(I)[C@@H](C)C1. The molecule has 3 atom stereocenters. The first kappa shape index (κ1) is 7.83. The molecule has 0 saturated heterocycles. The Morgan fingerprint density at radius 2 is 1.89 bits per heavy atom. The van der Waals surface area contributed by atoms with E-state index < -0.39 is 0 Å². The molecule has 9 heavy (non-hydrogen) atoms. The molecule has 1 fully saturated rings. The molecular formula is C8H15I. The zero-order valence-corrected chi connectivity index (χ0v) is 8.39. The molecule has 1 heteroatoms. The summed E-state index contributed by atoms with van der Waals surface area (Å²) in [7, 11) is 0. The average Bonchev–Trinajstić information content (AvgIpc) is 1.80. The Morgan fingerprint density at radius 1 is 1.22 bits per heavy atom. The van der Waals surface area contributed by atoms with E-state index in [9.17, 15) is 0 Å². The molecule has 2 unspecified atom stereocenters. The third-order valence-electron chi connectivity index (χ3n) is 2.33. The number of hydrogen-bond acceptors (Lipinski definition) is 0. The minimum Gasteiger partial charge on any atom is -0.0823 e. The molecule has 0 aromatic heterocycles.